The summed E-state index contributed by atoms with van der Waals surface area (Å²) in [6.45, 7) is 1.99. The highest BCUT2D eigenvalue weighted by Gasteiger charge is 2.25. The van der Waals surface area contributed by atoms with Crippen molar-refractivity contribution in [2.45, 2.75) is 19.4 Å². The maximum Gasteiger partial charge on any atom is 0.254 e. The van der Waals surface area contributed by atoms with Crippen LogP contribution in [0.15, 0.2) is 18.2 Å². The van der Waals surface area contributed by atoms with Crippen LogP contribution in [-0.4, -0.2) is 42.4 Å². The molecule has 1 atom stereocenters. The molecule has 1 aliphatic heterocycles. The molecule has 0 saturated carbocycles. The molecule has 1 N–H and O–H groups in total. The minimum absolute atomic E-state index is 0.141. The zero-order chi connectivity index (χ0) is 13.1. The summed E-state index contributed by atoms with van der Waals surface area (Å²) in [5.41, 5.74) is 2.89. The van der Waals surface area contributed by atoms with E-state index in [0.29, 0.717) is 6.04 Å². The molecule has 3 nitrogen and oxygen atoms in total. The van der Waals surface area contributed by atoms with Crippen molar-refractivity contribution < 1.29 is 4.79 Å². The lowest BCUT2D eigenvalue weighted by molar-refractivity contribution is 0.0747. The van der Waals surface area contributed by atoms with E-state index >= 15 is 0 Å². The summed E-state index contributed by atoms with van der Waals surface area (Å²) < 4.78 is 0. The van der Waals surface area contributed by atoms with E-state index < -0.39 is 0 Å². The van der Waals surface area contributed by atoms with E-state index in [9.17, 15) is 4.79 Å². The van der Waals surface area contributed by atoms with Crippen LogP contribution in [0.25, 0.3) is 0 Å². The lowest BCUT2D eigenvalue weighted by atomic mass is 10.1. The lowest BCUT2D eigenvalue weighted by Crippen LogP contribution is -2.37. The highest BCUT2D eigenvalue weighted by molar-refractivity contribution is 7.99. The summed E-state index contributed by atoms with van der Waals surface area (Å²) in [5.74, 6) is 2.37. The van der Waals surface area contributed by atoms with Gasteiger partial charge >= 0.3 is 0 Å². The van der Waals surface area contributed by atoms with Crippen molar-refractivity contribution in [1.29, 1.82) is 0 Å². The molecule has 18 heavy (non-hydrogen) atoms. The average molecular weight is 264 g/mol. The van der Waals surface area contributed by atoms with Crippen LogP contribution in [0.3, 0.4) is 0 Å². The van der Waals surface area contributed by atoms with Gasteiger partial charge in [0.1, 0.15) is 0 Å². The van der Waals surface area contributed by atoms with E-state index in [-0.39, 0.29) is 5.91 Å². The molecule has 0 aliphatic carbocycles. The van der Waals surface area contributed by atoms with E-state index in [2.05, 4.69) is 5.32 Å². The minimum Gasteiger partial charge on any atom is -0.388 e. The van der Waals surface area contributed by atoms with E-state index in [4.69, 9.17) is 0 Å². The normalized spacial score (nSPS) is 18.7. The van der Waals surface area contributed by atoms with Gasteiger partial charge in [-0.15, -0.1) is 0 Å². The van der Waals surface area contributed by atoms with Crippen LogP contribution in [0.2, 0.25) is 0 Å². The van der Waals surface area contributed by atoms with Crippen LogP contribution in [0.1, 0.15) is 22.3 Å². The number of hydrogen-bond acceptors (Lipinski definition) is 3. The van der Waals surface area contributed by atoms with Crippen molar-refractivity contribution in [3.8, 4) is 0 Å². The minimum atomic E-state index is 0.141. The number of benzene rings is 1. The third-order valence-corrected chi connectivity index (χ3v) is 4.66. The number of amides is 1. The van der Waals surface area contributed by atoms with E-state index in [1.54, 1.807) is 0 Å². The van der Waals surface area contributed by atoms with Crippen molar-refractivity contribution in [3.63, 3.8) is 0 Å². The number of hydrogen-bond donors (Lipinski definition) is 1. The molecule has 0 aromatic heterocycles. The van der Waals surface area contributed by atoms with Gasteiger partial charge in [0.15, 0.2) is 0 Å². The Balaban J connectivity index is 2.17. The fraction of sp³-hybridized carbons (Fsp3) is 0.500. The second kappa shape index (κ2) is 5.65. The predicted molar refractivity (Wildman–Crippen MR) is 78.5 cm³/mol. The zero-order valence-electron chi connectivity index (χ0n) is 11.2. The molecule has 1 saturated heterocycles. The van der Waals surface area contributed by atoms with Crippen LogP contribution >= 0.6 is 11.8 Å². The molecule has 4 heteroatoms. The first-order valence-electron chi connectivity index (χ1n) is 6.27. The monoisotopic (exact) mass is 264 g/mol. The molecule has 1 amide bonds. The number of nitrogens with one attached hydrogen (secondary N) is 1. The van der Waals surface area contributed by atoms with Gasteiger partial charge in [-0.3, -0.25) is 4.79 Å². The Labute approximate surface area is 113 Å². The number of anilines is 1. The van der Waals surface area contributed by atoms with Gasteiger partial charge in [0, 0.05) is 37.1 Å². The Kier molecular flexibility index (Phi) is 4.17. The summed E-state index contributed by atoms with van der Waals surface area (Å²) in [7, 11) is 3.81. The SMILES string of the molecule is CNc1ccc(C(=O)N(C)C2CCSC2)c(C)c1. The van der Waals surface area contributed by atoms with Crippen LogP contribution in [0.4, 0.5) is 5.69 Å². The number of rotatable bonds is 3. The molecular weight excluding hydrogens is 244 g/mol. The van der Waals surface area contributed by atoms with Crippen molar-refractivity contribution in [3.05, 3.63) is 29.3 Å². The summed E-state index contributed by atoms with van der Waals surface area (Å²) in [6.07, 6.45) is 1.11. The topological polar surface area (TPSA) is 32.3 Å². The Morgan fingerprint density at radius 1 is 1.50 bits per heavy atom. The standard InChI is InChI=1S/C14H20N2OS/c1-10-8-11(15-2)4-5-13(10)14(17)16(3)12-6-7-18-9-12/h4-5,8,12,15H,6-7,9H2,1-3H3. The van der Waals surface area contributed by atoms with E-state index in [0.717, 1.165) is 29.0 Å². The summed E-state index contributed by atoms with van der Waals surface area (Å²) in [4.78, 5) is 14.4. The van der Waals surface area contributed by atoms with Gasteiger partial charge < -0.3 is 10.2 Å². The van der Waals surface area contributed by atoms with Gasteiger partial charge in [-0.05, 0) is 42.9 Å². The first-order valence-corrected chi connectivity index (χ1v) is 7.42. The zero-order valence-corrected chi connectivity index (χ0v) is 12.0. The van der Waals surface area contributed by atoms with Crippen LogP contribution in [-0.2, 0) is 0 Å². The molecular formula is C14H20N2OS. The van der Waals surface area contributed by atoms with Crippen LogP contribution < -0.4 is 5.32 Å². The summed E-state index contributed by atoms with van der Waals surface area (Å²) >= 11 is 1.93. The number of nitrogens with zero attached hydrogens (tertiary/aromatic N) is 1. The highest BCUT2D eigenvalue weighted by atomic mass is 32.2. The van der Waals surface area contributed by atoms with E-state index in [1.165, 1.54) is 5.75 Å². The molecule has 0 bridgehead atoms. The highest BCUT2D eigenvalue weighted by Crippen LogP contribution is 2.24. The van der Waals surface area contributed by atoms with Gasteiger partial charge in [-0.1, -0.05) is 0 Å². The first kappa shape index (κ1) is 13.3. The second-order valence-corrected chi connectivity index (χ2v) is 5.86. The van der Waals surface area contributed by atoms with Crippen molar-refractivity contribution in [2.75, 3.05) is 30.9 Å². The molecule has 1 unspecified atom stereocenters. The molecule has 1 aliphatic rings. The van der Waals surface area contributed by atoms with E-state index in [1.807, 2.05) is 55.9 Å². The summed E-state index contributed by atoms with van der Waals surface area (Å²) in [5, 5.41) is 3.09. The molecule has 98 valence electrons. The quantitative estimate of drug-likeness (QED) is 0.911. The molecule has 0 spiro atoms. The number of aryl methyl sites for hydroxylation is 1. The third kappa shape index (κ3) is 2.64. The number of carbonyl (C=O) groups excluding carboxylic acids is 1. The Bertz CT molecular complexity index is 441. The average Bonchev–Trinajstić information content (AvgIpc) is 2.90. The fourth-order valence-electron chi connectivity index (χ4n) is 2.24. The number of thioether (sulfide) groups is 1. The first-order chi connectivity index (χ1) is 8.63. The lowest BCUT2D eigenvalue weighted by Gasteiger charge is -2.24. The van der Waals surface area contributed by atoms with Gasteiger partial charge in [0.05, 0.1) is 0 Å². The van der Waals surface area contributed by atoms with Gasteiger partial charge in [0.25, 0.3) is 5.91 Å². The van der Waals surface area contributed by atoms with Gasteiger partial charge in [-0.25, -0.2) is 0 Å². The molecule has 0 radical (unpaired) electrons. The van der Waals surface area contributed by atoms with Gasteiger partial charge in [-0.2, -0.15) is 11.8 Å². The maximum absolute atomic E-state index is 12.4. The maximum atomic E-state index is 12.4. The number of carbonyl (C=O) groups is 1. The second-order valence-electron chi connectivity index (χ2n) is 4.71. The molecule has 1 aromatic rings. The molecule has 1 fully saturated rings. The Morgan fingerprint density at radius 3 is 2.83 bits per heavy atom. The molecule has 2 rings (SSSR count). The predicted octanol–water partition coefficient (Wildman–Crippen LogP) is 2.61. The van der Waals surface area contributed by atoms with Crippen molar-refractivity contribution in [1.82, 2.24) is 4.90 Å². The van der Waals surface area contributed by atoms with Crippen molar-refractivity contribution >= 4 is 23.4 Å². The van der Waals surface area contributed by atoms with Crippen LogP contribution in [0.5, 0.6) is 0 Å². The Morgan fingerprint density at radius 2 is 2.28 bits per heavy atom. The molecule has 1 heterocycles. The fourth-order valence-corrected chi connectivity index (χ4v) is 3.51. The van der Waals surface area contributed by atoms with Crippen molar-refractivity contribution in [2.24, 2.45) is 0 Å². The Hall–Kier alpha value is -1.16. The van der Waals surface area contributed by atoms with Crippen LogP contribution in [0, 0.1) is 6.92 Å². The smallest absolute Gasteiger partial charge is 0.254 e. The largest absolute Gasteiger partial charge is 0.388 e. The summed E-state index contributed by atoms with van der Waals surface area (Å²) in [6, 6.07) is 6.29. The molecule has 1 aromatic carbocycles. The third-order valence-electron chi connectivity index (χ3n) is 3.52. The van der Waals surface area contributed by atoms with Gasteiger partial charge in [0.2, 0.25) is 0 Å².